The molecule has 2 unspecified atom stereocenters. The summed E-state index contributed by atoms with van der Waals surface area (Å²) in [6.07, 6.45) is -2.38. The number of hydrogen-bond acceptors (Lipinski definition) is 24. The Morgan fingerprint density at radius 2 is 1.01 bits per heavy atom. The molecule has 4 aromatic carbocycles. The van der Waals surface area contributed by atoms with Gasteiger partial charge in [0.25, 0.3) is 0 Å². The zero-order valence-electron chi connectivity index (χ0n) is 49.1. The van der Waals surface area contributed by atoms with Gasteiger partial charge in [-0.1, -0.05) is 54.0 Å². The zero-order chi connectivity index (χ0) is 66.5. The lowest BCUT2D eigenvalue weighted by Crippen LogP contribution is -2.38. The number of rotatable bonds is 26. The lowest BCUT2D eigenvalue weighted by atomic mass is 10.2. The molecule has 1 aliphatic heterocycles. The van der Waals surface area contributed by atoms with Crippen LogP contribution in [0.2, 0.25) is 10.0 Å². The maximum absolute atomic E-state index is 12.7. The first-order valence-corrected chi connectivity index (χ1v) is 32.2. The van der Waals surface area contributed by atoms with Crippen LogP contribution in [-0.4, -0.2) is 200 Å². The van der Waals surface area contributed by atoms with E-state index in [1.54, 1.807) is 34.1 Å². The van der Waals surface area contributed by atoms with E-state index in [0.717, 1.165) is 31.2 Å². The van der Waals surface area contributed by atoms with Gasteiger partial charge in [0.1, 0.15) is 37.9 Å². The zero-order valence-corrected chi connectivity index (χ0v) is 54.0. The summed E-state index contributed by atoms with van der Waals surface area (Å²) in [4.78, 5) is 79.6. The van der Waals surface area contributed by atoms with Gasteiger partial charge in [-0.3, -0.25) is 18.1 Å². The minimum atomic E-state index is -4.03. The number of alkyl carbamates (subject to hydrolysis) is 2. The molecular weight excluding hydrogens is 1290 g/mol. The molecule has 0 aliphatic carbocycles. The van der Waals surface area contributed by atoms with Crippen LogP contribution in [0.1, 0.15) is 11.1 Å². The highest BCUT2D eigenvalue weighted by molar-refractivity contribution is 7.94. The highest BCUT2D eigenvalue weighted by Crippen LogP contribution is 2.49. The normalized spacial score (nSPS) is 12.8. The van der Waals surface area contributed by atoms with Crippen LogP contribution in [0.15, 0.2) is 119 Å². The second-order valence-electron chi connectivity index (χ2n) is 17.0. The highest BCUT2D eigenvalue weighted by Gasteiger charge is 2.28. The van der Waals surface area contributed by atoms with Gasteiger partial charge >= 0.3 is 52.2 Å². The Hall–Kier alpha value is -7.31. The monoisotopic (exact) mass is 1360 g/mol. The third-order valence-corrected chi connectivity index (χ3v) is 17.0. The fourth-order valence-corrected chi connectivity index (χ4v) is 9.74. The summed E-state index contributed by atoms with van der Waals surface area (Å²) in [7, 11) is -3.04. The minimum absolute atomic E-state index is 0.0246. The molecule has 1 aliphatic rings. The van der Waals surface area contributed by atoms with Crippen molar-refractivity contribution in [2.24, 2.45) is 0 Å². The van der Waals surface area contributed by atoms with E-state index in [2.05, 4.69) is 21.7 Å². The largest absolute Gasteiger partial charge is 0.529 e. The van der Waals surface area contributed by atoms with Gasteiger partial charge in [0.2, 0.25) is 0 Å². The summed E-state index contributed by atoms with van der Waals surface area (Å²) in [6, 6.07) is 24.2. The van der Waals surface area contributed by atoms with Crippen LogP contribution in [-0.2, 0) is 88.6 Å². The summed E-state index contributed by atoms with van der Waals surface area (Å²) in [5.74, 6) is 0.0225. The summed E-state index contributed by atoms with van der Waals surface area (Å²) < 4.78 is 122. The maximum Gasteiger partial charge on any atom is 0.529 e. The fourth-order valence-electron chi connectivity index (χ4n) is 5.86. The molecule has 6 amide bonds. The second-order valence-corrected chi connectivity index (χ2v) is 25.3. The molecule has 5 rings (SSSR count). The van der Waals surface area contributed by atoms with Crippen molar-refractivity contribution in [3.05, 3.63) is 130 Å². The quantitative estimate of drug-likeness (QED) is 0.0315. The standard InChI is InChI=1S/C26H35ClN3O12PS.C12H18NO7P.C8H7ClO2S.C5H10N2O.CO2/c1-28-24(31)40-19-20-5-9-22(10-6-20)42-43(34,37-4)41-16-15-38-25(32)29(2)13-14-30(3)26(33)39-17-18-44(35,36)23-11-7-21(27)8-12-23;1-13-12(15)18-9-10-3-5-11(6-4-10)20-21(16,17-2)19-8-7-14;1-2-12(10,11)8-5-3-7(9)4-6-8;1-6-3-4-7(2)5(6)8;2-1-3/h5-12H,13-19H2,1-4H3,(H,28,31);3-6,14H,7-9H2,1-2H3,(H,13,15);2-6H,1H2;3-4H2,1-2H3;. The number of phosphoric acid groups is 2. The van der Waals surface area contributed by atoms with Gasteiger partial charge in [-0.25, -0.2) is 49.9 Å². The van der Waals surface area contributed by atoms with Crippen LogP contribution in [0.4, 0.5) is 24.0 Å². The first kappa shape index (κ1) is 78.7. The number of urea groups is 1. The van der Waals surface area contributed by atoms with Crippen molar-refractivity contribution in [2.45, 2.75) is 23.0 Å². The van der Waals surface area contributed by atoms with Gasteiger partial charge in [0.05, 0.1) is 35.4 Å². The fraction of sp³-hybridized carbons (Fsp3) is 0.385. The van der Waals surface area contributed by atoms with Gasteiger partial charge in [-0.2, -0.15) is 9.59 Å². The number of carbonyl (C=O) groups excluding carboxylic acids is 7. The van der Waals surface area contributed by atoms with Gasteiger partial charge in [0, 0.05) is 98.1 Å². The van der Waals surface area contributed by atoms with E-state index in [1.807, 2.05) is 14.1 Å². The number of sulfone groups is 2. The first-order chi connectivity index (χ1) is 41.5. The molecule has 488 valence electrons. The topological polar surface area (TPSA) is 371 Å². The molecule has 1 fully saturated rings. The molecule has 36 heteroatoms. The van der Waals surface area contributed by atoms with E-state index in [1.165, 1.54) is 118 Å². The Kier molecular flexibility index (Phi) is 36.7. The number of ether oxygens (including phenoxy) is 4. The van der Waals surface area contributed by atoms with Crippen molar-refractivity contribution >= 4 is 95.1 Å². The van der Waals surface area contributed by atoms with E-state index in [4.69, 9.17) is 79.5 Å². The Bertz CT molecular complexity index is 3180. The number of benzene rings is 4. The molecule has 88 heavy (non-hydrogen) atoms. The molecule has 0 radical (unpaired) electrons. The molecular formula is C52H70Cl2N6O24P2S2. The molecule has 0 saturated carbocycles. The molecule has 3 N–H and O–H groups in total. The number of nitrogens with zero attached hydrogens (tertiary/aromatic N) is 4. The summed E-state index contributed by atoms with van der Waals surface area (Å²) in [5, 5.41) is 15.1. The van der Waals surface area contributed by atoms with Crippen LogP contribution in [0, 0.1) is 0 Å². The van der Waals surface area contributed by atoms with Crippen molar-refractivity contribution in [3.63, 3.8) is 0 Å². The second kappa shape index (κ2) is 41.0. The average Bonchev–Trinajstić information content (AvgIpc) is 3.97. The van der Waals surface area contributed by atoms with Crippen LogP contribution in [0.25, 0.3) is 0 Å². The van der Waals surface area contributed by atoms with Gasteiger partial charge in [0.15, 0.2) is 19.7 Å². The number of likely N-dealkylation sites (N-methyl/N-ethyl adjacent to an activating group) is 4. The smallest absolute Gasteiger partial charge is 0.448 e. The van der Waals surface area contributed by atoms with Gasteiger partial charge < -0.3 is 63.3 Å². The van der Waals surface area contributed by atoms with Crippen molar-refractivity contribution in [2.75, 3.05) is 121 Å². The number of amides is 6. The Morgan fingerprint density at radius 3 is 1.35 bits per heavy atom. The molecule has 1 saturated heterocycles. The Morgan fingerprint density at radius 1 is 0.636 bits per heavy atom. The number of hydrogen-bond donors (Lipinski definition) is 3. The molecule has 0 spiro atoms. The van der Waals surface area contributed by atoms with E-state index in [9.17, 15) is 49.9 Å². The van der Waals surface area contributed by atoms with Crippen LogP contribution in [0.3, 0.4) is 0 Å². The molecule has 0 bridgehead atoms. The summed E-state index contributed by atoms with van der Waals surface area (Å²) in [6.45, 7) is 3.79. The molecule has 0 aromatic heterocycles. The number of halogens is 2. The third-order valence-electron chi connectivity index (χ3n) is 10.7. The van der Waals surface area contributed by atoms with E-state index in [0.29, 0.717) is 15.6 Å². The van der Waals surface area contributed by atoms with Gasteiger partial charge in [-0.15, -0.1) is 0 Å². The predicted octanol–water partition coefficient (Wildman–Crippen LogP) is 7.30. The number of phosphoric ester groups is 2. The SMILES string of the molecule is C=CS(=O)(=O)c1ccc(Cl)cc1.CN1CCN(C)C1=O.CNC(=O)OCc1ccc(OP(=O)(OC)OCCO)cc1.CNC(=O)OCc1ccc(OP(=O)(OC)OCCOC(=O)N(C)CCN(C)C(=O)OCCS(=O)(=O)c2ccc(Cl)cc2)cc1.O=C=O. The predicted molar refractivity (Wildman–Crippen MR) is 317 cm³/mol. The Labute approximate surface area is 519 Å². The molecule has 1 heterocycles. The molecule has 4 aromatic rings. The third kappa shape index (κ3) is 31.0. The van der Waals surface area contributed by atoms with Crippen molar-refractivity contribution in [1.29, 1.82) is 0 Å². The lowest BCUT2D eigenvalue weighted by molar-refractivity contribution is -0.191. The summed E-state index contributed by atoms with van der Waals surface area (Å²) >= 11 is 11.4. The highest BCUT2D eigenvalue weighted by atomic mass is 35.5. The van der Waals surface area contributed by atoms with Crippen LogP contribution >= 0.6 is 38.8 Å². The van der Waals surface area contributed by atoms with Crippen molar-refractivity contribution in [1.82, 2.24) is 30.2 Å². The summed E-state index contributed by atoms with van der Waals surface area (Å²) in [5.41, 5.74) is 1.39. The van der Waals surface area contributed by atoms with Crippen LogP contribution in [0.5, 0.6) is 11.5 Å². The van der Waals surface area contributed by atoms with E-state index in [-0.39, 0.29) is 92.8 Å². The Balaban J connectivity index is 0.000000712. The molecule has 2 atom stereocenters. The number of aliphatic hydroxyl groups is 1. The lowest BCUT2D eigenvalue weighted by Gasteiger charge is -2.22. The first-order valence-electron chi connectivity index (χ1n) is 25.3. The average molecular weight is 1360 g/mol. The van der Waals surface area contributed by atoms with Crippen LogP contribution < -0.4 is 19.7 Å². The van der Waals surface area contributed by atoms with E-state index < -0.39 is 65.4 Å². The van der Waals surface area contributed by atoms with E-state index >= 15 is 0 Å². The maximum atomic E-state index is 12.7. The number of carbonyl (C=O) groups is 5. The number of nitrogens with one attached hydrogen (secondary N) is 2. The molecule has 30 nitrogen and oxygen atoms in total. The minimum Gasteiger partial charge on any atom is -0.448 e. The number of aliphatic hydroxyl groups excluding tert-OH is 1. The van der Waals surface area contributed by atoms with Gasteiger partial charge in [-0.05, 0) is 83.9 Å². The van der Waals surface area contributed by atoms with Crippen molar-refractivity contribution in [3.8, 4) is 11.5 Å². The van der Waals surface area contributed by atoms with Crippen molar-refractivity contribution < 1.29 is 111 Å².